The van der Waals surface area contributed by atoms with Gasteiger partial charge in [0.25, 0.3) is 0 Å². The summed E-state index contributed by atoms with van der Waals surface area (Å²) in [7, 11) is 0. The van der Waals surface area contributed by atoms with Gasteiger partial charge in [-0.3, -0.25) is 0 Å². The summed E-state index contributed by atoms with van der Waals surface area (Å²) in [5, 5.41) is 0.547. The van der Waals surface area contributed by atoms with Crippen molar-refractivity contribution in [1.82, 2.24) is 4.90 Å². The van der Waals surface area contributed by atoms with E-state index in [9.17, 15) is 0 Å². The first kappa shape index (κ1) is 15.7. The average Bonchev–Trinajstić information content (AvgIpc) is 2.26. The summed E-state index contributed by atoms with van der Waals surface area (Å²) in [6, 6.07) is 0. The molecule has 96 valence electrons. The lowest BCUT2D eigenvalue weighted by Crippen LogP contribution is -2.35. The van der Waals surface area contributed by atoms with Crippen LogP contribution in [0.25, 0.3) is 0 Å². The van der Waals surface area contributed by atoms with E-state index >= 15 is 0 Å². The molecule has 0 aliphatic carbocycles. The number of hydrogen-bond acceptors (Lipinski definition) is 1. The Labute approximate surface area is 107 Å². The minimum atomic E-state index is 0.547. The van der Waals surface area contributed by atoms with E-state index in [4.69, 9.17) is 18.0 Å². The van der Waals surface area contributed by atoms with E-state index in [1.807, 2.05) is 0 Å². The van der Waals surface area contributed by atoms with Crippen LogP contribution in [0.1, 0.15) is 65.2 Å². The fourth-order valence-electron chi connectivity index (χ4n) is 1.86. The van der Waals surface area contributed by atoms with Crippen molar-refractivity contribution >= 4 is 17.3 Å². The molecule has 16 heavy (non-hydrogen) atoms. The van der Waals surface area contributed by atoms with Crippen molar-refractivity contribution < 1.29 is 0 Å². The third-order valence-corrected chi connectivity index (χ3v) is 3.23. The number of hydrogen-bond donors (Lipinski definition) is 1. The first-order valence-corrected chi connectivity index (χ1v) is 7.17. The lowest BCUT2D eigenvalue weighted by atomic mass is 10.1. The van der Waals surface area contributed by atoms with Crippen molar-refractivity contribution in [1.29, 1.82) is 0 Å². The van der Waals surface area contributed by atoms with Gasteiger partial charge in [-0.1, -0.05) is 51.9 Å². The Kier molecular flexibility index (Phi) is 11.0. The first-order valence-electron chi connectivity index (χ1n) is 6.76. The third kappa shape index (κ3) is 8.96. The fraction of sp³-hybridized carbons (Fsp3) is 0.923. The number of thiocarbonyl (C=S) groups is 1. The molecule has 2 N–H and O–H groups in total. The van der Waals surface area contributed by atoms with Crippen LogP contribution >= 0.6 is 12.2 Å². The Balaban J connectivity index is 3.22. The van der Waals surface area contributed by atoms with Gasteiger partial charge in [-0.25, -0.2) is 0 Å². The van der Waals surface area contributed by atoms with Gasteiger partial charge in [-0.15, -0.1) is 0 Å². The standard InChI is InChI=1S/C13H28N2S/c1-3-5-6-7-8-9-10-11-12-15(4-2)13(14)16/h3-12H2,1-2H3,(H2,14,16). The van der Waals surface area contributed by atoms with Crippen LogP contribution in [0.4, 0.5) is 0 Å². The van der Waals surface area contributed by atoms with Crippen molar-refractivity contribution in [2.75, 3.05) is 13.1 Å². The second kappa shape index (κ2) is 11.2. The van der Waals surface area contributed by atoms with Crippen LogP contribution in [-0.2, 0) is 0 Å². The molecule has 0 aromatic heterocycles. The summed E-state index contributed by atoms with van der Waals surface area (Å²) < 4.78 is 0. The van der Waals surface area contributed by atoms with Crippen LogP contribution in [0.15, 0.2) is 0 Å². The minimum Gasteiger partial charge on any atom is -0.376 e. The smallest absolute Gasteiger partial charge is 0.166 e. The van der Waals surface area contributed by atoms with E-state index in [0.717, 1.165) is 13.1 Å². The molecule has 0 radical (unpaired) electrons. The van der Waals surface area contributed by atoms with E-state index < -0.39 is 0 Å². The Morgan fingerprint density at radius 2 is 1.44 bits per heavy atom. The molecular weight excluding hydrogens is 216 g/mol. The predicted octanol–water partition coefficient (Wildman–Crippen LogP) is 3.69. The van der Waals surface area contributed by atoms with Crippen LogP contribution in [0.2, 0.25) is 0 Å². The average molecular weight is 244 g/mol. The quantitative estimate of drug-likeness (QED) is 0.469. The fourth-order valence-corrected chi connectivity index (χ4v) is 2.08. The topological polar surface area (TPSA) is 29.3 Å². The maximum Gasteiger partial charge on any atom is 0.166 e. The molecule has 0 fully saturated rings. The summed E-state index contributed by atoms with van der Waals surface area (Å²) in [5.74, 6) is 0. The van der Waals surface area contributed by atoms with Crippen LogP contribution < -0.4 is 5.73 Å². The van der Waals surface area contributed by atoms with Gasteiger partial charge < -0.3 is 10.6 Å². The molecule has 0 bridgehead atoms. The van der Waals surface area contributed by atoms with E-state index in [1.54, 1.807) is 0 Å². The van der Waals surface area contributed by atoms with E-state index in [2.05, 4.69) is 18.7 Å². The number of nitrogens with two attached hydrogens (primary N) is 1. The Bertz CT molecular complexity index is 171. The molecule has 0 unspecified atom stereocenters. The molecular formula is C13H28N2S. The Morgan fingerprint density at radius 1 is 0.938 bits per heavy atom. The maximum atomic E-state index is 5.60. The zero-order chi connectivity index (χ0) is 12.2. The molecule has 0 aromatic carbocycles. The van der Waals surface area contributed by atoms with Crippen molar-refractivity contribution in [2.24, 2.45) is 5.73 Å². The first-order chi connectivity index (χ1) is 7.72. The molecule has 0 aliphatic rings. The molecule has 0 atom stereocenters. The SMILES string of the molecule is CCCCCCCCCCN(CC)C(N)=S. The zero-order valence-electron chi connectivity index (χ0n) is 11.0. The van der Waals surface area contributed by atoms with Gasteiger partial charge in [0.2, 0.25) is 0 Å². The molecule has 0 aliphatic heterocycles. The number of rotatable bonds is 10. The Hall–Kier alpha value is -0.310. The number of nitrogens with zero attached hydrogens (tertiary/aromatic N) is 1. The monoisotopic (exact) mass is 244 g/mol. The van der Waals surface area contributed by atoms with Crippen LogP contribution in [0, 0.1) is 0 Å². The molecule has 0 aromatic rings. The summed E-state index contributed by atoms with van der Waals surface area (Å²) in [6.45, 7) is 6.32. The van der Waals surface area contributed by atoms with Crippen molar-refractivity contribution in [3.05, 3.63) is 0 Å². The van der Waals surface area contributed by atoms with E-state index in [-0.39, 0.29) is 0 Å². The van der Waals surface area contributed by atoms with Crippen molar-refractivity contribution in [2.45, 2.75) is 65.2 Å². The van der Waals surface area contributed by atoms with Gasteiger partial charge in [-0.05, 0) is 25.6 Å². The van der Waals surface area contributed by atoms with Gasteiger partial charge in [-0.2, -0.15) is 0 Å². The van der Waals surface area contributed by atoms with Crippen molar-refractivity contribution in [3.8, 4) is 0 Å². The molecule has 0 heterocycles. The van der Waals surface area contributed by atoms with E-state index in [1.165, 1.54) is 51.4 Å². The van der Waals surface area contributed by atoms with Gasteiger partial charge in [0, 0.05) is 13.1 Å². The largest absolute Gasteiger partial charge is 0.376 e. The molecule has 0 spiro atoms. The second-order valence-electron chi connectivity index (χ2n) is 4.39. The summed E-state index contributed by atoms with van der Waals surface area (Å²) in [4.78, 5) is 2.08. The highest BCUT2D eigenvalue weighted by atomic mass is 32.1. The van der Waals surface area contributed by atoms with Crippen molar-refractivity contribution in [3.63, 3.8) is 0 Å². The van der Waals surface area contributed by atoms with Crippen LogP contribution in [-0.4, -0.2) is 23.1 Å². The predicted molar refractivity (Wildman–Crippen MR) is 76.6 cm³/mol. The molecule has 0 saturated heterocycles. The van der Waals surface area contributed by atoms with Gasteiger partial charge >= 0.3 is 0 Å². The summed E-state index contributed by atoms with van der Waals surface area (Å²) >= 11 is 4.97. The maximum absolute atomic E-state index is 5.60. The molecule has 3 heteroatoms. The second-order valence-corrected chi connectivity index (χ2v) is 4.81. The zero-order valence-corrected chi connectivity index (χ0v) is 11.8. The highest BCUT2D eigenvalue weighted by molar-refractivity contribution is 7.80. The molecule has 0 rings (SSSR count). The summed E-state index contributed by atoms with van der Waals surface area (Å²) in [5.41, 5.74) is 5.60. The highest BCUT2D eigenvalue weighted by Crippen LogP contribution is 2.08. The normalized spacial score (nSPS) is 10.4. The molecule has 0 amide bonds. The number of unbranched alkanes of at least 4 members (excludes halogenated alkanes) is 7. The molecule has 2 nitrogen and oxygen atoms in total. The molecule has 0 saturated carbocycles. The van der Waals surface area contributed by atoms with Gasteiger partial charge in [0.1, 0.15) is 0 Å². The van der Waals surface area contributed by atoms with Gasteiger partial charge in [0.15, 0.2) is 5.11 Å². The van der Waals surface area contributed by atoms with Gasteiger partial charge in [0.05, 0.1) is 0 Å². The Morgan fingerprint density at radius 3 is 1.88 bits per heavy atom. The third-order valence-electron chi connectivity index (χ3n) is 2.97. The van der Waals surface area contributed by atoms with Crippen LogP contribution in [0.3, 0.4) is 0 Å². The lowest BCUT2D eigenvalue weighted by Gasteiger charge is -2.20. The lowest BCUT2D eigenvalue weighted by molar-refractivity contribution is 0.419. The van der Waals surface area contributed by atoms with E-state index in [0.29, 0.717) is 5.11 Å². The highest BCUT2D eigenvalue weighted by Gasteiger charge is 2.01. The summed E-state index contributed by atoms with van der Waals surface area (Å²) in [6.07, 6.45) is 10.8. The van der Waals surface area contributed by atoms with Crippen LogP contribution in [0.5, 0.6) is 0 Å². The minimum absolute atomic E-state index is 0.547.